The number of likely N-dealkylation sites (tertiary alicyclic amines) is 1. The second kappa shape index (κ2) is 6.36. The summed E-state index contributed by atoms with van der Waals surface area (Å²) in [6.45, 7) is 4.86. The molecule has 4 nitrogen and oxygen atoms in total. The van der Waals surface area contributed by atoms with Crippen molar-refractivity contribution in [2.45, 2.75) is 57.6 Å². The summed E-state index contributed by atoms with van der Waals surface area (Å²) in [5, 5.41) is 8.88. The Morgan fingerprint density at radius 1 is 1.59 bits per heavy atom. The molecule has 0 aliphatic carbocycles. The Bertz CT molecular complexity index is 251. The van der Waals surface area contributed by atoms with Gasteiger partial charge in [-0.1, -0.05) is 6.92 Å². The van der Waals surface area contributed by atoms with Crippen LogP contribution in [0.2, 0.25) is 0 Å². The molecule has 4 heteroatoms. The molecule has 0 aromatic carbocycles. The number of amides is 1. The fourth-order valence-electron chi connectivity index (χ4n) is 2.42. The number of carbonyl (C=O) groups is 1. The molecule has 0 saturated carbocycles. The zero-order valence-corrected chi connectivity index (χ0v) is 11.2. The Morgan fingerprint density at radius 2 is 2.29 bits per heavy atom. The topological polar surface area (TPSA) is 49.8 Å². The lowest BCUT2D eigenvalue weighted by Gasteiger charge is -2.34. The smallest absolute Gasteiger partial charge is 0.254 e. The average molecular weight is 243 g/mol. The van der Waals surface area contributed by atoms with Gasteiger partial charge in [-0.3, -0.25) is 4.79 Å². The van der Waals surface area contributed by atoms with Crippen molar-refractivity contribution >= 4 is 5.91 Å². The zero-order chi connectivity index (χ0) is 12.9. The lowest BCUT2D eigenvalue weighted by Crippen LogP contribution is -2.49. The van der Waals surface area contributed by atoms with Crippen molar-refractivity contribution in [3.8, 4) is 0 Å². The number of carbonyl (C=O) groups excluding carboxylic acids is 1. The van der Waals surface area contributed by atoms with E-state index in [4.69, 9.17) is 9.84 Å². The molecule has 1 fully saturated rings. The number of hydrogen-bond donors (Lipinski definition) is 1. The van der Waals surface area contributed by atoms with Gasteiger partial charge in [0.15, 0.2) is 0 Å². The molecule has 2 unspecified atom stereocenters. The highest BCUT2D eigenvalue weighted by Crippen LogP contribution is 2.27. The summed E-state index contributed by atoms with van der Waals surface area (Å²) in [6, 6.07) is 0.288. The van der Waals surface area contributed by atoms with Gasteiger partial charge in [0.1, 0.15) is 5.60 Å². The predicted molar refractivity (Wildman–Crippen MR) is 66.8 cm³/mol. The van der Waals surface area contributed by atoms with Gasteiger partial charge in [0.05, 0.1) is 0 Å². The van der Waals surface area contributed by atoms with E-state index in [1.54, 1.807) is 7.11 Å². The van der Waals surface area contributed by atoms with Crippen LogP contribution in [0, 0.1) is 0 Å². The van der Waals surface area contributed by atoms with E-state index in [-0.39, 0.29) is 18.6 Å². The summed E-state index contributed by atoms with van der Waals surface area (Å²) in [5.74, 6) is 0.0999. The first-order valence-electron chi connectivity index (χ1n) is 6.56. The second-order valence-electron chi connectivity index (χ2n) is 4.95. The molecule has 1 saturated heterocycles. The molecule has 1 aliphatic heterocycles. The molecule has 0 radical (unpaired) electrons. The summed E-state index contributed by atoms with van der Waals surface area (Å²) in [7, 11) is 1.60. The van der Waals surface area contributed by atoms with Crippen LogP contribution in [-0.4, -0.2) is 47.8 Å². The highest BCUT2D eigenvalue weighted by atomic mass is 16.5. The lowest BCUT2D eigenvalue weighted by atomic mass is 10.00. The third kappa shape index (κ3) is 3.19. The SMILES string of the molecule is CCC(C)(OC)C(=O)N1CCCC1CCCO. The van der Waals surface area contributed by atoms with Gasteiger partial charge in [-0.15, -0.1) is 0 Å². The van der Waals surface area contributed by atoms with Gasteiger partial charge >= 0.3 is 0 Å². The molecule has 17 heavy (non-hydrogen) atoms. The molecule has 0 aromatic heterocycles. The van der Waals surface area contributed by atoms with Gasteiger partial charge < -0.3 is 14.7 Å². The highest BCUT2D eigenvalue weighted by molar-refractivity contribution is 5.85. The van der Waals surface area contributed by atoms with E-state index in [2.05, 4.69) is 0 Å². The maximum atomic E-state index is 12.4. The van der Waals surface area contributed by atoms with Crippen molar-refractivity contribution in [1.82, 2.24) is 4.90 Å². The molecule has 1 aliphatic rings. The van der Waals surface area contributed by atoms with Crippen LogP contribution < -0.4 is 0 Å². The van der Waals surface area contributed by atoms with Gasteiger partial charge in [0.25, 0.3) is 5.91 Å². The quantitative estimate of drug-likeness (QED) is 0.770. The van der Waals surface area contributed by atoms with Crippen LogP contribution in [0.15, 0.2) is 0 Å². The summed E-state index contributed by atoms with van der Waals surface area (Å²) in [4.78, 5) is 14.4. The number of aliphatic hydroxyl groups is 1. The molecular formula is C13H25NO3. The van der Waals surface area contributed by atoms with Crippen molar-refractivity contribution in [1.29, 1.82) is 0 Å². The molecule has 0 spiro atoms. The summed E-state index contributed by atoms with van der Waals surface area (Å²) < 4.78 is 5.37. The number of methoxy groups -OCH3 is 1. The van der Waals surface area contributed by atoms with Gasteiger partial charge in [0.2, 0.25) is 0 Å². The first-order chi connectivity index (χ1) is 8.09. The largest absolute Gasteiger partial charge is 0.396 e. The van der Waals surface area contributed by atoms with E-state index in [0.29, 0.717) is 6.42 Å². The molecule has 1 amide bonds. The van der Waals surface area contributed by atoms with Gasteiger partial charge in [-0.05, 0) is 39.0 Å². The molecule has 0 aromatic rings. The number of aliphatic hydroxyl groups excluding tert-OH is 1. The Morgan fingerprint density at radius 3 is 2.82 bits per heavy atom. The van der Waals surface area contributed by atoms with E-state index >= 15 is 0 Å². The molecule has 2 atom stereocenters. The fraction of sp³-hybridized carbons (Fsp3) is 0.923. The minimum Gasteiger partial charge on any atom is -0.396 e. The standard InChI is InChI=1S/C13H25NO3/c1-4-13(2,17-3)12(16)14-9-5-7-11(14)8-6-10-15/h11,15H,4-10H2,1-3H3. The molecular weight excluding hydrogens is 218 g/mol. The predicted octanol–water partition coefficient (Wildman–Crippen LogP) is 1.56. The Kier molecular flexibility index (Phi) is 5.40. The van der Waals surface area contributed by atoms with E-state index < -0.39 is 5.60 Å². The van der Waals surface area contributed by atoms with Crippen LogP contribution in [0.25, 0.3) is 0 Å². The van der Waals surface area contributed by atoms with Crippen LogP contribution in [0.3, 0.4) is 0 Å². The number of ether oxygens (including phenoxy) is 1. The number of rotatable bonds is 6. The first-order valence-corrected chi connectivity index (χ1v) is 6.56. The van der Waals surface area contributed by atoms with Crippen LogP contribution in [0.1, 0.15) is 46.0 Å². The van der Waals surface area contributed by atoms with Gasteiger partial charge in [0, 0.05) is 26.3 Å². The van der Waals surface area contributed by atoms with Crippen LogP contribution in [0.4, 0.5) is 0 Å². The first kappa shape index (κ1) is 14.5. The van der Waals surface area contributed by atoms with E-state index in [1.807, 2.05) is 18.7 Å². The van der Waals surface area contributed by atoms with Crippen molar-refractivity contribution in [3.05, 3.63) is 0 Å². The van der Waals surface area contributed by atoms with Crippen molar-refractivity contribution in [2.24, 2.45) is 0 Å². The fourth-order valence-corrected chi connectivity index (χ4v) is 2.42. The summed E-state index contributed by atoms with van der Waals surface area (Å²) in [6.07, 6.45) is 4.46. The summed E-state index contributed by atoms with van der Waals surface area (Å²) >= 11 is 0. The van der Waals surface area contributed by atoms with Crippen molar-refractivity contribution in [3.63, 3.8) is 0 Å². The Hall–Kier alpha value is -0.610. The Balaban J connectivity index is 2.66. The number of hydrogen-bond acceptors (Lipinski definition) is 3. The monoisotopic (exact) mass is 243 g/mol. The molecule has 1 N–H and O–H groups in total. The Labute approximate surface area is 104 Å². The average Bonchev–Trinajstić information content (AvgIpc) is 2.82. The van der Waals surface area contributed by atoms with E-state index in [1.165, 1.54) is 0 Å². The summed E-state index contributed by atoms with van der Waals surface area (Å²) in [5.41, 5.74) is -0.693. The lowest BCUT2D eigenvalue weighted by molar-refractivity contribution is -0.154. The van der Waals surface area contributed by atoms with Crippen molar-refractivity contribution < 1.29 is 14.6 Å². The van der Waals surface area contributed by atoms with E-state index in [9.17, 15) is 4.79 Å². The van der Waals surface area contributed by atoms with Crippen LogP contribution in [-0.2, 0) is 9.53 Å². The zero-order valence-electron chi connectivity index (χ0n) is 11.2. The van der Waals surface area contributed by atoms with E-state index in [0.717, 1.165) is 32.2 Å². The second-order valence-corrected chi connectivity index (χ2v) is 4.95. The maximum Gasteiger partial charge on any atom is 0.254 e. The van der Waals surface area contributed by atoms with Crippen LogP contribution in [0.5, 0.6) is 0 Å². The molecule has 0 bridgehead atoms. The third-order valence-electron chi connectivity index (χ3n) is 3.91. The highest BCUT2D eigenvalue weighted by Gasteiger charge is 2.39. The van der Waals surface area contributed by atoms with Crippen molar-refractivity contribution in [2.75, 3.05) is 20.3 Å². The normalized spacial score (nSPS) is 23.8. The molecule has 100 valence electrons. The minimum atomic E-state index is -0.693. The van der Waals surface area contributed by atoms with Gasteiger partial charge in [-0.2, -0.15) is 0 Å². The maximum absolute atomic E-state index is 12.4. The van der Waals surface area contributed by atoms with Crippen LogP contribution >= 0.6 is 0 Å². The third-order valence-corrected chi connectivity index (χ3v) is 3.91. The molecule has 1 heterocycles. The molecule has 1 rings (SSSR count). The minimum absolute atomic E-state index is 0.0999. The van der Waals surface area contributed by atoms with Gasteiger partial charge in [-0.25, -0.2) is 0 Å². The number of nitrogens with zero attached hydrogens (tertiary/aromatic N) is 1.